The van der Waals surface area contributed by atoms with Crippen molar-refractivity contribution in [3.8, 4) is 0 Å². The summed E-state index contributed by atoms with van der Waals surface area (Å²) in [5.74, 6) is 3.13. The zero-order valence-corrected chi connectivity index (χ0v) is 20.0. The normalized spacial score (nSPS) is 15.5. The summed E-state index contributed by atoms with van der Waals surface area (Å²) in [5.41, 5.74) is 1.42. The van der Waals surface area contributed by atoms with E-state index in [0.29, 0.717) is 6.10 Å². The van der Waals surface area contributed by atoms with E-state index >= 15 is 0 Å². The SMILES string of the molecule is CCOC1CCN(C(=NC)NCCSCc2cccc3ccccc23)CC1.I. The topological polar surface area (TPSA) is 36.9 Å². The van der Waals surface area contributed by atoms with Gasteiger partial charge in [0.05, 0.1) is 6.10 Å². The minimum Gasteiger partial charge on any atom is -0.378 e. The first-order valence-corrected chi connectivity index (χ1v) is 11.1. The Balaban J connectivity index is 0.00000280. The third kappa shape index (κ3) is 6.52. The molecule has 0 spiro atoms. The van der Waals surface area contributed by atoms with Crippen LogP contribution in [0.1, 0.15) is 25.3 Å². The van der Waals surface area contributed by atoms with Crippen LogP contribution in [-0.4, -0.2) is 56.0 Å². The number of halogens is 1. The van der Waals surface area contributed by atoms with Gasteiger partial charge in [0.25, 0.3) is 0 Å². The van der Waals surface area contributed by atoms with Gasteiger partial charge in [-0.05, 0) is 36.1 Å². The highest BCUT2D eigenvalue weighted by Crippen LogP contribution is 2.22. The van der Waals surface area contributed by atoms with Gasteiger partial charge in [0.2, 0.25) is 0 Å². The van der Waals surface area contributed by atoms with Gasteiger partial charge < -0.3 is 15.0 Å². The summed E-state index contributed by atoms with van der Waals surface area (Å²) in [6.07, 6.45) is 2.59. The van der Waals surface area contributed by atoms with Crippen molar-refractivity contribution in [3.05, 3.63) is 48.0 Å². The Morgan fingerprint density at radius 3 is 2.68 bits per heavy atom. The zero-order chi connectivity index (χ0) is 18.9. The second-order valence-electron chi connectivity index (χ2n) is 6.81. The summed E-state index contributed by atoms with van der Waals surface area (Å²) >= 11 is 1.97. The van der Waals surface area contributed by atoms with Gasteiger partial charge in [-0.25, -0.2) is 0 Å². The van der Waals surface area contributed by atoms with E-state index in [9.17, 15) is 0 Å². The fourth-order valence-electron chi connectivity index (χ4n) is 3.64. The van der Waals surface area contributed by atoms with Crippen molar-refractivity contribution in [2.24, 2.45) is 4.99 Å². The molecule has 1 N–H and O–H groups in total. The first-order valence-electron chi connectivity index (χ1n) is 9.93. The molecule has 154 valence electrons. The molecule has 2 aromatic carbocycles. The summed E-state index contributed by atoms with van der Waals surface area (Å²) in [6.45, 7) is 5.86. The van der Waals surface area contributed by atoms with Crippen LogP contribution < -0.4 is 5.32 Å². The Hall–Kier alpha value is -0.990. The molecule has 0 aliphatic carbocycles. The number of thioether (sulfide) groups is 1. The lowest BCUT2D eigenvalue weighted by Crippen LogP contribution is -2.47. The van der Waals surface area contributed by atoms with Crippen molar-refractivity contribution in [2.45, 2.75) is 31.6 Å². The quantitative estimate of drug-likeness (QED) is 0.251. The summed E-state index contributed by atoms with van der Waals surface area (Å²) in [5, 5.41) is 6.22. The molecule has 0 atom stereocenters. The largest absolute Gasteiger partial charge is 0.378 e. The Kier molecular flexibility index (Phi) is 10.4. The Morgan fingerprint density at radius 1 is 1.18 bits per heavy atom. The fraction of sp³-hybridized carbons (Fsp3) is 0.500. The molecule has 1 heterocycles. The van der Waals surface area contributed by atoms with Crippen LogP contribution in [-0.2, 0) is 10.5 Å². The van der Waals surface area contributed by atoms with Gasteiger partial charge in [-0.3, -0.25) is 4.99 Å². The van der Waals surface area contributed by atoms with E-state index < -0.39 is 0 Å². The molecular formula is C22H32IN3OS. The number of hydrogen-bond acceptors (Lipinski definition) is 3. The minimum absolute atomic E-state index is 0. The Labute approximate surface area is 190 Å². The lowest BCUT2D eigenvalue weighted by molar-refractivity contribution is 0.0264. The van der Waals surface area contributed by atoms with Crippen molar-refractivity contribution in [1.29, 1.82) is 0 Å². The van der Waals surface area contributed by atoms with Gasteiger partial charge in [0.15, 0.2) is 5.96 Å². The third-order valence-electron chi connectivity index (χ3n) is 5.02. The zero-order valence-electron chi connectivity index (χ0n) is 16.9. The van der Waals surface area contributed by atoms with E-state index in [2.05, 4.69) is 64.6 Å². The molecule has 0 saturated carbocycles. The van der Waals surface area contributed by atoms with E-state index in [1.165, 1.54) is 16.3 Å². The highest BCUT2D eigenvalue weighted by molar-refractivity contribution is 14.0. The predicted octanol–water partition coefficient (Wildman–Crippen LogP) is 4.77. The summed E-state index contributed by atoms with van der Waals surface area (Å²) in [4.78, 5) is 6.81. The predicted molar refractivity (Wildman–Crippen MR) is 133 cm³/mol. The second-order valence-corrected chi connectivity index (χ2v) is 7.91. The van der Waals surface area contributed by atoms with E-state index in [0.717, 1.165) is 56.5 Å². The van der Waals surface area contributed by atoms with Crippen LogP contribution in [0.15, 0.2) is 47.5 Å². The maximum Gasteiger partial charge on any atom is 0.193 e. The number of nitrogens with zero attached hydrogens (tertiary/aromatic N) is 2. The van der Waals surface area contributed by atoms with Gasteiger partial charge >= 0.3 is 0 Å². The van der Waals surface area contributed by atoms with Crippen molar-refractivity contribution in [3.63, 3.8) is 0 Å². The lowest BCUT2D eigenvalue weighted by Gasteiger charge is -2.34. The molecule has 1 fully saturated rings. The monoisotopic (exact) mass is 513 g/mol. The molecule has 4 nitrogen and oxygen atoms in total. The second kappa shape index (κ2) is 12.5. The highest BCUT2D eigenvalue weighted by atomic mass is 127. The Morgan fingerprint density at radius 2 is 1.93 bits per heavy atom. The van der Waals surface area contributed by atoms with Crippen LogP contribution >= 0.6 is 35.7 Å². The molecule has 1 saturated heterocycles. The molecule has 0 bridgehead atoms. The van der Waals surface area contributed by atoms with Gasteiger partial charge in [0.1, 0.15) is 0 Å². The number of nitrogens with one attached hydrogen (secondary N) is 1. The Bertz CT molecular complexity index is 742. The number of likely N-dealkylation sites (tertiary alicyclic amines) is 1. The first-order chi connectivity index (χ1) is 13.3. The molecular weight excluding hydrogens is 481 g/mol. The standard InChI is InChI=1S/C22H31N3OS.HI/c1-3-26-20-11-14-25(15-12-20)22(23-2)24-13-16-27-17-19-9-6-8-18-7-4-5-10-21(18)19;/h4-10,20H,3,11-17H2,1-2H3,(H,23,24);1H. The molecule has 3 rings (SSSR count). The van der Waals surface area contributed by atoms with E-state index in [1.54, 1.807) is 0 Å². The van der Waals surface area contributed by atoms with Crippen LogP contribution in [0.4, 0.5) is 0 Å². The van der Waals surface area contributed by atoms with E-state index in [-0.39, 0.29) is 24.0 Å². The number of aliphatic imine (C=N–C) groups is 1. The van der Waals surface area contributed by atoms with Crippen molar-refractivity contribution < 1.29 is 4.74 Å². The van der Waals surface area contributed by atoms with Crippen LogP contribution in [0.2, 0.25) is 0 Å². The lowest BCUT2D eigenvalue weighted by atomic mass is 10.1. The number of benzene rings is 2. The van der Waals surface area contributed by atoms with Gasteiger partial charge in [-0.1, -0.05) is 42.5 Å². The molecule has 2 aromatic rings. The number of hydrogen-bond donors (Lipinski definition) is 1. The maximum absolute atomic E-state index is 5.74. The maximum atomic E-state index is 5.74. The average Bonchev–Trinajstić information content (AvgIpc) is 2.72. The molecule has 28 heavy (non-hydrogen) atoms. The summed E-state index contributed by atoms with van der Waals surface area (Å²) in [7, 11) is 1.88. The third-order valence-corrected chi connectivity index (χ3v) is 6.03. The van der Waals surface area contributed by atoms with Gasteiger partial charge in [-0.15, -0.1) is 24.0 Å². The van der Waals surface area contributed by atoms with Gasteiger partial charge in [0, 0.05) is 44.8 Å². The highest BCUT2D eigenvalue weighted by Gasteiger charge is 2.21. The number of rotatable bonds is 7. The summed E-state index contributed by atoms with van der Waals surface area (Å²) < 4.78 is 5.74. The van der Waals surface area contributed by atoms with Crippen LogP contribution in [0, 0.1) is 0 Å². The smallest absolute Gasteiger partial charge is 0.193 e. The number of fused-ring (bicyclic) bond motifs is 1. The molecule has 1 aliphatic rings. The van der Waals surface area contributed by atoms with Crippen molar-refractivity contribution in [1.82, 2.24) is 10.2 Å². The minimum atomic E-state index is 0. The summed E-state index contributed by atoms with van der Waals surface area (Å²) in [6, 6.07) is 15.2. The van der Waals surface area contributed by atoms with Crippen molar-refractivity contribution in [2.75, 3.05) is 39.0 Å². The van der Waals surface area contributed by atoms with E-state index in [1.807, 2.05) is 18.8 Å². The molecule has 0 radical (unpaired) electrons. The fourth-order valence-corrected chi connectivity index (χ4v) is 4.50. The van der Waals surface area contributed by atoms with Gasteiger partial charge in [-0.2, -0.15) is 11.8 Å². The number of guanidine groups is 1. The number of piperidine rings is 1. The van der Waals surface area contributed by atoms with Crippen LogP contribution in [0.25, 0.3) is 10.8 Å². The number of ether oxygens (including phenoxy) is 1. The molecule has 0 amide bonds. The van der Waals surface area contributed by atoms with Crippen molar-refractivity contribution >= 4 is 52.5 Å². The van der Waals surface area contributed by atoms with Crippen LogP contribution in [0.3, 0.4) is 0 Å². The van der Waals surface area contributed by atoms with E-state index in [4.69, 9.17) is 4.74 Å². The molecule has 0 aromatic heterocycles. The average molecular weight is 513 g/mol. The first kappa shape index (κ1) is 23.3. The molecule has 6 heteroatoms. The van der Waals surface area contributed by atoms with Crippen LogP contribution in [0.5, 0.6) is 0 Å². The molecule has 1 aliphatic heterocycles. The molecule has 0 unspecified atom stereocenters.